The van der Waals surface area contributed by atoms with Gasteiger partial charge in [-0.1, -0.05) is 18.2 Å². The highest BCUT2D eigenvalue weighted by Crippen LogP contribution is 2.15. The van der Waals surface area contributed by atoms with Crippen molar-refractivity contribution in [2.75, 3.05) is 51.7 Å². The number of rotatable bonds is 4. The molecule has 6 heteroatoms. The van der Waals surface area contributed by atoms with E-state index >= 15 is 0 Å². The summed E-state index contributed by atoms with van der Waals surface area (Å²) in [6, 6.07) is 10.8. The van der Waals surface area contributed by atoms with E-state index in [1.807, 2.05) is 6.07 Å². The Morgan fingerprint density at radius 2 is 1.79 bits per heavy atom. The predicted octanol–water partition coefficient (Wildman–Crippen LogP) is 1.25. The Kier molecular flexibility index (Phi) is 6.46. The minimum absolute atomic E-state index is 0.0148. The number of nitrogens with zero attached hydrogens (tertiary/aromatic N) is 4. The van der Waals surface area contributed by atoms with Gasteiger partial charge >= 0.3 is 0 Å². The van der Waals surface area contributed by atoms with Crippen LogP contribution in [-0.2, 0) is 4.79 Å². The number of aliphatic imine (C=N–C) groups is 1. The number of anilines is 1. The van der Waals surface area contributed by atoms with Crippen molar-refractivity contribution in [3.63, 3.8) is 0 Å². The highest BCUT2D eigenvalue weighted by atomic mass is 16.2. The van der Waals surface area contributed by atoms with Crippen LogP contribution in [0.3, 0.4) is 0 Å². The summed E-state index contributed by atoms with van der Waals surface area (Å²) in [4.78, 5) is 22.5. The minimum atomic E-state index is 0.0148. The molecule has 1 fully saturated rings. The van der Waals surface area contributed by atoms with E-state index in [9.17, 15) is 4.79 Å². The predicted molar refractivity (Wildman–Crippen MR) is 99.5 cm³/mol. The van der Waals surface area contributed by atoms with E-state index in [-0.39, 0.29) is 18.5 Å². The number of likely N-dealkylation sites (N-methyl/N-ethyl adjacent to an activating group) is 1. The van der Waals surface area contributed by atoms with Crippen LogP contribution in [0.4, 0.5) is 5.69 Å². The van der Waals surface area contributed by atoms with Gasteiger partial charge in [0.05, 0.1) is 0 Å². The molecule has 0 aliphatic carbocycles. The van der Waals surface area contributed by atoms with Gasteiger partial charge in [-0.25, -0.2) is 4.99 Å². The number of hydrogen-bond donors (Lipinski definition) is 1. The quantitative estimate of drug-likeness (QED) is 0.666. The Morgan fingerprint density at radius 3 is 2.33 bits per heavy atom. The first-order valence-corrected chi connectivity index (χ1v) is 8.53. The summed E-state index contributed by atoms with van der Waals surface area (Å²) >= 11 is 0. The molecule has 1 amide bonds. The van der Waals surface area contributed by atoms with Crippen LogP contribution in [0.2, 0.25) is 0 Å². The average Bonchev–Trinajstić information content (AvgIpc) is 2.59. The lowest BCUT2D eigenvalue weighted by Crippen LogP contribution is -2.54. The fraction of sp³-hybridized carbons (Fsp3) is 0.556. The third-order valence-electron chi connectivity index (χ3n) is 3.98. The van der Waals surface area contributed by atoms with E-state index in [2.05, 4.69) is 58.2 Å². The van der Waals surface area contributed by atoms with E-state index in [0.717, 1.165) is 32.1 Å². The molecule has 1 aliphatic heterocycles. The number of benzene rings is 1. The van der Waals surface area contributed by atoms with Crippen molar-refractivity contribution in [2.24, 2.45) is 4.99 Å². The lowest BCUT2D eigenvalue weighted by molar-refractivity contribution is -0.127. The first-order valence-electron chi connectivity index (χ1n) is 8.53. The lowest BCUT2D eigenvalue weighted by Gasteiger charge is -2.38. The van der Waals surface area contributed by atoms with Crippen LogP contribution in [0.5, 0.6) is 0 Å². The molecule has 132 valence electrons. The van der Waals surface area contributed by atoms with Crippen LogP contribution < -0.4 is 10.2 Å². The smallest absolute Gasteiger partial charge is 0.243 e. The standard InChI is InChI=1S/C18H29N5O/c1-15(2)20-18(19-14-17(24)21(3)4)23-12-10-22(11-13-23)16-8-6-5-7-9-16/h5-9,15H,10-14H2,1-4H3,(H,19,20). The molecule has 2 rings (SSSR count). The zero-order chi connectivity index (χ0) is 17.5. The largest absolute Gasteiger partial charge is 0.368 e. The highest BCUT2D eigenvalue weighted by Gasteiger charge is 2.20. The van der Waals surface area contributed by atoms with Crippen LogP contribution in [0, 0.1) is 0 Å². The fourth-order valence-corrected chi connectivity index (χ4v) is 2.59. The molecule has 1 aliphatic rings. The molecule has 0 aromatic heterocycles. The van der Waals surface area contributed by atoms with Gasteiger partial charge in [0.25, 0.3) is 0 Å². The van der Waals surface area contributed by atoms with E-state index < -0.39 is 0 Å². The van der Waals surface area contributed by atoms with E-state index in [1.165, 1.54) is 5.69 Å². The van der Waals surface area contributed by atoms with Gasteiger partial charge in [0.15, 0.2) is 5.96 Å². The second kappa shape index (κ2) is 8.57. The maximum atomic E-state index is 11.8. The van der Waals surface area contributed by atoms with Crippen molar-refractivity contribution in [3.8, 4) is 0 Å². The van der Waals surface area contributed by atoms with E-state index in [0.29, 0.717) is 0 Å². The molecule has 1 heterocycles. The third kappa shape index (κ3) is 5.15. The van der Waals surface area contributed by atoms with Crippen LogP contribution >= 0.6 is 0 Å². The Hall–Kier alpha value is -2.24. The van der Waals surface area contributed by atoms with Crippen molar-refractivity contribution in [2.45, 2.75) is 19.9 Å². The lowest BCUT2D eigenvalue weighted by atomic mass is 10.2. The number of carbonyl (C=O) groups is 1. The van der Waals surface area contributed by atoms with Crippen molar-refractivity contribution in [3.05, 3.63) is 30.3 Å². The third-order valence-corrected chi connectivity index (χ3v) is 3.98. The second-order valence-corrected chi connectivity index (χ2v) is 6.54. The molecule has 24 heavy (non-hydrogen) atoms. The van der Waals surface area contributed by atoms with Gasteiger partial charge in [-0.2, -0.15) is 0 Å². The molecule has 1 aromatic carbocycles. The molecule has 6 nitrogen and oxygen atoms in total. The zero-order valence-corrected chi connectivity index (χ0v) is 15.2. The van der Waals surface area contributed by atoms with Crippen molar-refractivity contribution in [1.82, 2.24) is 15.1 Å². The zero-order valence-electron chi connectivity index (χ0n) is 15.2. The molecule has 0 bridgehead atoms. The monoisotopic (exact) mass is 331 g/mol. The maximum absolute atomic E-state index is 11.8. The highest BCUT2D eigenvalue weighted by molar-refractivity contribution is 5.85. The average molecular weight is 331 g/mol. The SMILES string of the molecule is CC(C)NC(=NCC(=O)N(C)C)N1CCN(c2ccccc2)CC1. The Morgan fingerprint density at radius 1 is 1.17 bits per heavy atom. The van der Waals surface area contributed by atoms with E-state index in [4.69, 9.17) is 0 Å². The van der Waals surface area contributed by atoms with Gasteiger partial charge in [-0.15, -0.1) is 0 Å². The van der Waals surface area contributed by atoms with Gasteiger partial charge in [0, 0.05) is 52.0 Å². The number of para-hydroxylation sites is 1. The van der Waals surface area contributed by atoms with Crippen LogP contribution in [-0.4, -0.2) is 74.5 Å². The van der Waals surface area contributed by atoms with Crippen LogP contribution in [0.1, 0.15) is 13.8 Å². The summed E-state index contributed by atoms with van der Waals surface area (Å²) in [7, 11) is 3.51. The van der Waals surface area contributed by atoms with Crippen molar-refractivity contribution >= 4 is 17.6 Å². The molecule has 0 saturated carbocycles. The van der Waals surface area contributed by atoms with Gasteiger partial charge in [0.2, 0.25) is 5.91 Å². The molecule has 0 radical (unpaired) electrons. The number of hydrogen-bond acceptors (Lipinski definition) is 3. The molecule has 1 saturated heterocycles. The van der Waals surface area contributed by atoms with Gasteiger partial charge in [-0.05, 0) is 26.0 Å². The number of piperazine rings is 1. The molecule has 0 unspecified atom stereocenters. The van der Waals surface area contributed by atoms with Crippen LogP contribution in [0.15, 0.2) is 35.3 Å². The summed E-state index contributed by atoms with van der Waals surface area (Å²) in [6.45, 7) is 8.04. The van der Waals surface area contributed by atoms with Gasteiger partial charge in [0.1, 0.15) is 6.54 Å². The number of carbonyl (C=O) groups excluding carboxylic acids is 1. The number of guanidine groups is 1. The van der Waals surface area contributed by atoms with Gasteiger partial charge in [-0.3, -0.25) is 4.79 Å². The Bertz CT molecular complexity index is 548. The first-order chi connectivity index (χ1) is 11.5. The summed E-state index contributed by atoms with van der Waals surface area (Å²) in [5.74, 6) is 0.842. The Labute approximate surface area is 145 Å². The van der Waals surface area contributed by atoms with Crippen molar-refractivity contribution in [1.29, 1.82) is 0 Å². The van der Waals surface area contributed by atoms with Crippen molar-refractivity contribution < 1.29 is 4.79 Å². The number of nitrogens with one attached hydrogen (secondary N) is 1. The van der Waals surface area contributed by atoms with Crippen LogP contribution in [0.25, 0.3) is 0 Å². The maximum Gasteiger partial charge on any atom is 0.243 e. The normalized spacial score (nSPS) is 15.6. The summed E-state index contributed by atoms with van der Waals surface area (Å²) < 4.78 is 0. The minimum Gasteiger partial charge on any atom is -0.368 e. The van der Waals surface area contributed by atoms with E-state index in [1.54, 1.807) is 19.0 Å². The summed E-state index contributed by atoms with van der Waals surface area (Å²) in [5, 5.41) is 3.39. The summed E-state index contributed by atoms with van der Waals surface area (Å²) in [6.07, 6.45) is 0. The number of amides is 1. The Balaban J connectivity index is 1.98. The first kappa shape index (κ1) is 18.1. The second-order valence-electron chi connectivity index (χ2n) is 6.54. The summed E-state index contributed by atoms with van der Waals surface area (Å²) in [5.41, 5.74) is 1.26. The molecular weight excluding hydrogens is 302 g/mol. The topological polar surface area (TPSA) is 51.2 Å². The molecular formula is C18H29N5O. The molecule has 0 atom stereocenters. The van der Waals surface area contributed by atoms with Gasteiger partial charge < -0.3 is 20.0 Å². The molecule has 1 aromatic rings. The molecule has 1 N–H and O–H groups in total. The fourth-order valence-electron chi connectivity index (χ4n) is 2.59. The molecule has 0 spiro atoms.